The molecule has 0 aliphatic carbocycles. The number of carbonyl (C=O) groups excluding carboxylic acids is 1. The fourth-order valence-electron chi connectivity index (χ4n) is 4.21. The molecule has 0 fully saturated rings. The van der Waals surface area contributed by atoms with Crippen LogP contribution in [0.4, 0.5) is 5.69 Å². The molecule has 184 valence electrons. The normalized spacial score (nSPS) is 16.8. The van der Waals surface area contributed by atoms with Crippen molar-refractivity contribution in [3.8, 4) is 17.4 Å². The lowest BCUT2D eigenvalue weighted by atomic mass is 9.96. The van der Waals surface area contributed by atoms with E-state index >= 15 is 0 Å². The molecule has 10 nitrogen and oxygen atoms in total. The van der Waals surface area contributed by atoms with E-state index in [1.54, 1.807) is 42.2 Å². The van der Waals surface area contributed by atoms with Gasteiger partial charge in [0.15, 0.2) is 5.17 Å². The zero-order valence-corrected chi connectivity index (χ0v) is 20.3. The number of nitrogens with two attached hydrogens (primary N) is 1. The molecule has 3 heterocycles. The highest BCUT2D eigenvalue weighted by Crippen LogP contribution is 2.48. The second-order valence-electron chi connectivity index (χ2n) is 7.92. The first-order valence-corrected chi connectivity index (χ1v) is 12.0. The number of benzene rings is 2. The Kier molecular flexibility index (Phi) is 6.25. The van der Waals surface area contributed by atoms with Crippen LogP contribution < -0.4 is 5.73 Å². The van der Waals surface area contributed by atoms with Gasteiger partial charge in [0.1, 0.15) is 34.4 Å². The maximum atomic E-state index is 13.4. The molecule has 3 aromatic rings. The van der Waals surface area contributed by atoms with Crippen molar-refractivity contribution < 1.29 is 18.9 Å². The molecule has 11 heteroatoms. The molecule has 2 N–H and O–H groups in total. The molecule has 5 rings (SSSR count). The second-order valence-corrected chi connectivity index (χ2v) is 8.90. The van der Waals surface area contributed by atoms with Crippen LogP contribution in [0.1, 0.15) is 24.3 Å². The van der Waals surface area contributed by atoms with Crippen LogP contribution in [0.5, 0.6) is 0 Å². The van der Waals surface area contributed by atoms with Crippen molar-refractivity contribution in [2.75, 3.05) is 6.61 Å². The molecular formula is C26H19N5O5S. The van der Waals surface area contributed by atoms with Gasteiger partial charge in [-0.25, -0.2) is 9.79 Å². The van der Waals surface area contributed by atoms with E-state index in [9.17, 15) is 20.2 Å². The van der Waals surface area contributed by atoms with Gasteiger partial charge in [-0.1, -0.05) is 42.5 Å². The van der Waals surface area contributed by atoms with Gasteiger partial charge >= 0.3 is 5.97 Å². The number of hydrogen-bond donors (Lipinski definition) is 1. The number of rotatable bonds is 6. The fourth-order valence-corrected chi connectivity index (χ4v) is 5.08. The number of hydrogen-bond acceptors (Lipinski definition) is 10. The number of fused-ring (bicyclic) bond motifs is 1. The Morgan fingerprint density at radius 3 is 2.65 bits per heavy atom. The number of nitro groups is 1. The van der Waals surface area contributed by atoms with Crippen LogP contribution in [0.2, 0.25) is 0 Å². The minimum atomic E-state index is -0.934. The standard InChI is InChI=1S/C26H19N5O5S/c1-2-35-25(32)21-22(15-8-4-3-5-9-15)29-26-30(24(28)20(14-27)37-26)23(21)19-13-12-18(36-19)16-10-6-7-11-17(16)31(33)34/h3-13,23H,2,28H2,1H3/t23-/m0/s1. The summed E-state index contributed by atoms with van der Waals surface area (Å²) in [6.45, 7) is 1.82. The van der Waals surface area contributed by atoms with Crippen LogP contribution in [0.3, 0.4) is 0 Å². The summed E-state index contributed by atoms with van der Waals surface area (Å²) in [5, 5.41) is 21.6. The third kappa shape index (κ3) is 4.13. The summed E-state index contributed by atoms with van der Waals surface area (Å²) in [5.41, 5.74) is 7.70. The van der Waals surface area contributed by atoms with Crippen LogP contribution >= 0.6 is 11.8 Å². The van der Waals surface area contributed by atoms with Crippen LogP contribution in [-0.4, -0.2) is 27.6 Å². The Labute approximate surface area is 215 Å². The second kappa shape index (κ2) is 9.67. The quantitative estimate of drug-likeness (QED) is 0.275. The summed E-state index contributed by atoms with van der Waals surface area (Å²) in [6.07, 6.45) is 0. The molecule has 37 heavy (non-hydrogen) atoms. The van der Waals surface area contributed by atoms with Gasteiger partial charge in [-0.15, -0.1) is 0 Å². The molecule has 0 saturated carbocycles. The summed E-state index contributed by atoms with van der Waals surface area (Å²) >= 11 is 1.09. The van der Waals surface area contributed by atoms with Crippen LogP contribution in [0.25, 0.3) is 17.0 Å². The molecule has 0 unspecified atom stereocenters. The van der Waals surface area contributed by atoms with Gasteiger partial charge in [0.05, 0.1) is 28.4 Å². The van der Waals surface area contributed by atoms with E-state index in [1.807, 2.05) is 30.3 Å². The first-order chi connectivity index (χ1) is 17.9. The summed E-state index contributed by atoms with van der Waals surface area (Å²) in [7, 11) is 0. The van der Waals surface area contributed by atoms with E-state index in [4.69, 9.17) is 19.9 Å². The lowest BCUT2D eigenvalue weighted by Crippen LogP contribution is -2.38. The number of carbonyl (C=O) groups is 1. The number of nitrogens with zero attached hydrogens (tertiary/aromatic N) is 4. The van der Waals surface area contributed by atoms with Crippen LogP contribution in [0.15, 0.2) is 92.4 Å². The van der Waals surface area contributed by atoms with Gasteiger partial charge in [0.2, 0.25) is 0 Å². The number of furan rings is 1. The van der Waals surface area contributed by atoms with Crippen molar-refractivity contribution in [3.05, 3.63) is 104 Å². The number of thioether (sulfide) groups is 1. The predicted molar refractivity (Wildman–Crippen MR) is 137 cm³/mol. The molecule has 2 aliphatic heterocycles. The molecule has 1 aromatic heterocycles. The van der Waals surface area contributed by atoms with E-state index < -0.39 is 16.9 Å². The van der Waals surface area contributed by atoms with Gasteiger partial charge in [-0.05, 0) is 36.9 Å². The minimum Gasteiger partial charge on any atom is -0.463 e. The summed E-state index contributed by atoms with van der Waals surface area (Å²) < 4.78 is 11.6. The Bertz CT molecular complexity index is 1550. The lowest BCUT2D eigenvalue weighted by molar-refractivity contribution is -0.384. The first-order valence-electron chi connectivity index (χ1n) is 11.2. The van der Waals surface area contributed by atoms with E-state index in [-0.39, 0.29) is 45.7 Å². The van der Waals surface area contributed by atoms with Gasteiger partial charge in [0.25, 0.3) is 5.69 Å². The van der Waals surface area contributed by atoms with Crippen LogP contribution in [-0.2, 0) is 9.53 Å². The number of allylic oxidation sites excluding steroid dienone is 1. The molecule has 0 saturated heterocycles. The van der Waals surface area contributed by atoms with Crippen molar-refractivity contribution in [2.45, 2.75) is 13.0 Å². The number of esters is 1. The molecule has 2 aromatic carbocycles. The van der Waals surface area contributed by atoms with Crippen molar-refractivity contribution in [2.24, 2.45) is 10.7 Å². The van der Waals surface area contributed by atoms with Crippen molar-refractivity contribution in [3.63, 3.8) is 0 Å². The zero-order valence-electron chi connectivity index (χ0n) is 19.5. The van der Waals surface area contributed by atoms with Crippen molar-refractivity contribution in [1.82, 2.24) is 4.90 Å². The maximum absolute atomic E-state index is 13.4. The predicted octanol–water partition coefficient (Wildman–Crippen LogP) is 4.94. The number of ether oxygens (including phenoxy) is 1. The van der Waals surface area contributed by atoms with Crippen molar-refractivity contribution in [1.29, 1.82) is 5.26 Å². The summed E-state index contributed by atoms with van der Waals surface area (Å²) in [6, 6.07) is 19.7. The van der Waals surface area contributed by atoms with E-state index in [0.717, 1.165) is 11.8 Å². The Morgan fingerprint density at radius 2 is 1.95 bits per heavy atom. The van der Waals surface area contributed by atoms with Crippen molar-refractivity contribution >= 4 is 34.3 Å². The minimum absolute atomic E-state index is 0.119. The van der Waals surface area contributed by atoms with Gasteiger partial charge in [-0.3, -0.25) is 15.0 Å². The Morgan fingerprint density at radius 1 is 1.22 bits per heavy atom. The van der Waals surface area contributed by atoms with Gasteiger partial charge < -0.3 is 14.9 Å². The highest BCUT2D eigenvalue weighted by molar-refractivity contribution is 8.17. The average molecular weight is 514 g/mol. The molecule has 1 atom stereocenters. The number of aliphatic imine (C=N–C) groups is 1. The Hall–Kier alpha value is -4.82. The molecule has 0 bridgehead atoms. The molecule has 0 radical (unpaired) electrons. The first kappa shape index (κ1) is 23.9. The van der Waals surface area contributed by atoms with E-state index in [2.05, 4.69) is 6.07 Å². The molecular weight excluding hydrogens is 494 g/mol. The smallest absolute Gasteiger partial charge is 0.338 e. The summed E-state index contributed by atoms with van der Waals surface area (Å²) in [4.78, 5) is 31.0. The average Bonchev–Trinajstić information content (AvgIpc) is 3.53. The Balaban J connectivity index is 1.73. The van der Waals surface area contributed by atoms with Crippen LogP contribution in [0, 0.1) is 21.4 Å². The highest BCUT2D eigenvalue weighted by atomic mass is 32.2. The fraction of sp³-hybridized carbons (Fsp3) is 0.115. The topological polar surface area (TPSA) is 148 Å². The van der Waals surface area contributed by atoms with Gasteiger partial charge in [-0.2, -0.15) is 5.26 Å². The molecule has 2 aliphatic rings. The molecule has 0 spiro atoms. The number of amidine groups is 1. The maximum Gasteiger partial charge on any atom is 0.338 e. The van der Waals surface area contributed by atoms with E-state index in [1.165, 1.54) is 6.07 Å². The number of nitriles is 1. The highest BCUT2D eigenvalue weighted by Gasteiger charge is 2.45. The number of para-hydroxylation sites is 1. The monoisotopic (exact) mass is 513 g/mol. The SMILES string of the molecule is CCOC(=O)C1=C(c2ccccc2)N=C2SC(C#N)=C(N)N2[C@H]1c1ccc(-c2ccccc2[N+](=O)[O-])o1. The third-order valence-electron chi connectivity index (χ3n) is 5.79. The largest absolute Gasteiger partial charge is 0.463 e. The summed E-state index contributed by atoms with van der Waals surface area (Å²) in [5.74, 6) is 0.0142. The van der Waals surface area contributed by atoms with Gasteiger partial charge in [0, 0.05) is 11.6 Å². The third-order valence-corrected chi connectivity index (χ3v) is 6.77. The van der Waals surface area contributed by atoms with E-state index in [0.29, 0.717) is 16.4 Å². The molecule has 0 amide bonds. The zero-order chi connectivity index (χ0) is 26.1. The lowest BCUT2D eigenvalue weighted by Gasteiger charge is -2.33. The number of nitro benzene ring substituents is 1.